The Morgan fingerprint density at radius 3 is 2.65 bits per heavy atom. The molecule has 2 aromatic carbocycles. The van der Waals surface area contributed by atoms with Gasteiger partial charge in [-0.1, -0.05) is 6.07 Å². The largest absolute Gasteiger partial charge is 0.493 e. The summed E-state index contributed by atoms with van der Waals surface area (Å²) in [7, 11) is 1.49. The van der Waals surface area contributed by atoms with Crippen molar-refractivity contribution >= 4 is 17.9 Å². The number of nitrogens with two attached hydrogens (primary N) is 2. The van der Waals surface area contributed by atoms with Crippen LogP contribution >= 0.6 is 0 Å². The lowest BCUT2D eigenvalue weighted by Gasteiger charge is -2.11. The molecule has 9 nitrogen and oxygen atoms in total. The molecule has 9 heteroatoms. The number of hydrogen-bond donors (Lipinski definition) is 2. The highest BCUT2D eigenvalue weighted by atomic mass is 16.6. The zero-order chi connectivity index (χ0) is 19.1. The van der Waals surface area contributed by atoms with Gasteiger partial charge in [-0.15, -0.1) is 5.10 Å². The molecule has 0 saturated carbocycles. The van der Waals surface area contributed by atoms with E-state index in [-0.39, 0.29) is 18.3 Å². The number of nitrogens with zero attached hydrogens (tertiary/aromatic N) is 3. The van der Waals surface area contributed by atoms with Gasteiger partial charge in [0.15, 0.2) is 11.5 Å². The molecular weight excluding hydrogens is 338 g/mol. The summed E-state index contributed by atoms with van der Waals surface area (Å²) in [4.78, 5) is 10.8. The summed E-state index contributed by atoms with van der Waals surface area (Å²) in [5.74, 6) is 0.752. The van der Waals surface area contributed by atoms with Crippen molar-refractivity contribution in [1.29, 1.82) is 0 Å². The molecule has 0 atom stereocenters. The molecule has 2 rings (SSSR count). The molecule has 0 aliphatic carbocycles. The first-order chi connectivity index (χ1) is 12.4. The maximum atomic E-state index is 11.2. The Balaban J connectivity index is 2.19. The highest BCUT2D eigenvalue weighted by molar-refractivity contribution is 5.82. The fourth-order valence-corrected chi connectivity index (χ4v) is 2.17. The zero-order valence-electron chi connectivity index (χ0n) is 14.4. The number of nitro benzene ring substituents is 1. The Morgan fingerprint density at radius 1 is 1.23 bits per heavy atom. The maximum absolute atomic E-state index is 11.2. The van der Waals surface area contributed by atoms with E-state index in [0.717, 1.165) is 5.56 Å². The minimum absolute atomic E-state index is 0.0185. The molecule has 0 fully saturated rings. The van der Waals surface area contributed by atoms with Crippen LogP contribution in [0, 0.1) is 17.0 Å². The first kappa shape index (κ1) is 18.7. The van der Waals surface area contributed by atoms with Gasteiger partial charge in [-0.05, 0) is 42.3 Å². The van der Waals surface area contributed by atoms with Crippen molar-refractivity contribution in [3.8, 4) is 11.5 Å². The number of ether oxygens (including phenoxy) is 2. The summed E-state index contributed by atoms with van der Waals surface area (Å²) >= 11 is 0. The Labute approximate surface area is 150 Å². The van der Waals surface area contributed by atoms with Crippen LogP contribution in [-0.4, -0.2) is 24.2 Å². The van der Waals surface area contributed by atoms with E-state index in [9.17, 15) is 10.1 Å². The van der Waals surface area contributed by atoms with Gasteiger partial charge in [0.25, 0.3) is 5.69 Å². The van der Waals surface area contributed by atoms with E-state index in [2.05, 4.69) is 10.2 Å². The third-order valence-electron chi connectivity index (χ3n) is 3.39. The van der Waals surface area contributed by atoms with Crippen LogP contribution in [0.1, 0.15) is 16.7 Å². The lowest BCUT2D eigenvalue weighted by atomic mass is 10.1. The molecule has 0 heterocycles. The van der Waals surface area contributed by atoms with Crippen molar-refractivity contribution in [2.45, 2.75) is 13.5 Å². The number of nitro groups is 1. The number of methoxy groups -OCH3 is 1. The Hall–Kier alpha value is -3.62. The van der Waals surface area contributed by atoms with E-state index in [1.807, 2.05) is 0 Å². The van der Waals surface area contributed by atoms with Gasteiger partial charge in [-0.25, -0.2) is 0 Å². The second-order valence-corrected chi connectivity index (χ2v) is 5.36. The monoisotopic (exact) mass is 357 g/mol. The fraction of sp³-hybridized carbons (Fsp3) is 0.176. The van der Waals surface area contributed by atoms with Gasteiger partial charge in [0.2, 0.25) is 5.96 Å². The third-order valence-corrected chi connectivity index (χ3v) is 3.39. The molecule has 0 unspecified atom stereocenters. The number of benzene rings is 2. The van der Waals surface area contributed by atoms with E-state index < -0.39 is 4.92 Å². The van der Waals surface area contributed by atoms with Gasteiger partial charge in [-0.2, -0.15) is 5.10 Å². The normalized spacial score (nSPS) is 10.5. The molecule has 0 aliphatic heterocycles. The fourth-order valence-electron chi connectivity index (χ4n) is 2.17. The molecule has 0 radical (unpaired) electrons. The van der Waals surface area contributed by atoms with E-state index >= 15 is 0 Å². The second kappa shape index (κ2) is 8.47. The predicted octanol–water partition coefficient (Wildman–Crippen LogP) is 2.10. The Morgan fingerprint density at radius 2 is 2.00 bits per heavy atom. The Kier molecular flexibility index (Phi) is 6.10. The smallest absolute Gasteiger partial charge is 0.276 e. The van der Waals surface area contributed by atoms with Crippen LogP contribution in [0.25, 0.3) is 0 Å². The molecule has 0 spiro atoms. The van der Waals surface area contributed by atoms with Crippen LogP contribution in [0.3, 0.4) is 0 Å². The van der Waals surface area contributed by atoms with Crippen molar-refractivity contribution < 1.29 is 14.4 Å². The van der Waals surface area contributed by atoms with E-state index in [4.69, 9.17) is 20.9 Å². The highest BCUT2D eigenvalue weighted by Crippen LogP contribution is 2.29. The minimum Gasteiger partial charge on any atom is -0.493 e. The molecule has 0 bridgehead atoms. The third kappa shape index (κ3) is 4.94. The summed E-state index contributed by atoms with van der Waals surface area (Å²) in [5, 5.41) is 18.4. The topological polar surface area (TPSA) is 138 Å². The van der Waals surface area contributed by atoms with Crippen molar-refractivity contribution in [1.82, 2.24) is 0 Å². The van der Waals surface area contributed by atoms with Gasteiger partial charge in [0.05, 0.1) is 23.8 Å². The minimum atomic E-state index is -0.424. The van der Waals surface area contributed by atoms with Crippen LogP contribution in [0.15, 0.2) is 46.6 Å². The SMILES string of the molecule is COc1cc(C=NN=C(N)N)ccc1OCc1ccc(C)cc1[N+](=O)[O-]. The van der Waals surface area contributed by atoms with E-state index in [1.54, 1.807) is 37.3 Å². The first-order valence-corrected chi connectivity index (χ1v) is 7.57. The quantitative estimate of drug-likeness (QED) is 0.337. The average molecular weight is 357 g/mol. The number of rotatable bonds is 7. The first-order valence-electron chi connectivity index (χ1n) is 7.57. The van der Waals surface area contributed by atoms with Crippen molar-refractivity contribution in [3.05, 3.63) is 63.2 Å². The van der Waals surface area contributed by atoms with Gasteiger partial charge in [0, 0.05) is 6.07 Å². The maximum Gasteiger partial charge on any atom is 0.276 e. The van der Waals surface area contributed by atoms with Crippen LogP contribution in [0.4, 0.5) is 5.69 Å². The molecular formula is C17H19N5O4. The van der Waals surface area contributed by atoms with Crippen LogP contribution in [0.2, 0.25) is 0 Å². The second-order valence-electron chi connectivity index (χ2n) is 5.36. The van der Waals surface area contributed by atoms with Gasteiger partial charge in [-0.3, -0.25) is 10.1 Å². The molecule has 0 amide bonds. The summed E-state index contributed by atoms with van der Waals surface area (Å²) in [5.41, 5.74) is 12.4. The van der Waals surface area contributed by atoms with Crippen LogP contribution in [-0.2, 0) is 6.61 Å². The van der Waals surface area contributed by atoms with E-state index in [0.29, 0.717) is 22.6 Å². The molecule has 26 heavy (non-hydrogen) atoms. The average Bonchev–Trinajstić information content (AvgIpc) is 2.60. The lowest BCUT2D eigenvalue weighted by molar-refractivity contribution is -0.385. The summed E-state index contributed by atoms with van der Waals surface area (Å²) in [6, 6.07) is 10.1. The van der Waals surface area contributed by atoms with Crippen molar-refractivity contribution in [3.63, 3.8) is 0 Å². The molecule has 136 valence electrons. The highest BCUT2D eigenvalue weighted by Gasteiger charge is 2.15. The van der Waals surface area contributed by atoms with Gasteiger partial charge in [0.1, 0.15) is 6.61 Å². The van der Waals surface area contributed by atoms with Crippen LogP contribution < -0.4 is 20.9 Å². The van der Waals surface area contributed by atoms with E-state index in [1.165, 1.54) is 19.4 Å². The lowest BCUT2D eigenvalue weighted by Crippen LogP contribution is -2.21. The van der Waals surface area contributed by atoms with Crippen molar-refractivity contribution in [2.75, 3.05) is 7.11 Å². The number of aryl methyl sites for hydroxylation is 1. The molecule has 2 aromatic rings. The van der Waals surface area contributed by atoms with Crippen molar-refractivity contribution in [2.24, 2.45) is 21.7 Å². The zero-order valence-corrected chi connectivity index (χ0v) is 14.4. The predicted molar refractivity (Wildman–Crippen MR) is 98.6 cm³/mol. The molecule has 0 aliphatic rings. The van der Waals surface area contributed by atoms with Gasteiger partial charge < -0.3 is 20.9 Å². The molecule has 0 saturated heterocycles. The Bertz CT molecular complexity index is 860. The molecule has 0 aromatic heterocycles. The van der Waals surface area contributed by atoms with Crippen LogP contribution in [0.5, 0.6) is 11.5 Å². The summed E-state index contributed by atoms with van der Waals surface area (Å²) < 4.78 is 11.0. The summed E-state index contributed by atoms with van der Waals surface area (Å²) in [6.45, 7) is 1.83. The standard InChI is InChI=1S/C17H19N5O4/c1-11-3-5-13(14(7-11)22(23)24)10-26-15-6-4-12(8-16(15)25-2)9-20-21-17(18)19/h3-9H,10H2,1-2H3,(H4,18,19,21). The number of hydrogen-bond acceptors (Lipinski definition) is 6. The number of guanidine groups is 1. The summed E-state index contributed by atoms with van der Waals surface area (Å²) in [6.07, 6.45) is 1.46. The van der Waals surface area contributed by atoms with Gasteiger partial charge >= 0.3 is 0 Å². The molecule has 4 N–H and O–H groups in total.